The second kappa shape index (κ2) is 4.79. The zero-order valence-electron chi connectivity index (χ0n) is 9.33. The Morgan fingerprint density at radius 1 is 1.36 bits per heavy atom. The van der Waals surface area contributed by atoms with Gasteiger partial charge in [0.25, 0.3) is 0 Å². The molecule has 4 heteroatoms. The fourth-order valence-corrected chi connectivity index (χ4v) is 1.18. The molecule has 0 spiro atoms. The van der Waals surface area contributed by atoms with E-state index in [1.54, 1.807) is 0 Å². The molecule has 0 saturated heterocycles. The van der Waals surface area contributed by atoms with Gasteiger partial charge in [0, 0.05) is 33.6 Å². The quantitative estimate of drug-likeness (QED) is 0.789. The maximum atomic E-state index is 4.45. The SMILES string of the molecule is CCCc1nc(NC)cc(N(C)C)n1. The lowest BCUT2D eigenvalue weighted by Crippen LogP contribution is -2.13. The van der Waals surface area contributed by atoms with Crippen molar-refractivity contribution in [3.8, 4) is 0 Å². The number of nitrogens with zero attached hydrogens (tertiary/aromatic N) is 3. The van der Waals surface area contributed by atoms with Gasteiger partial charge in [0.1, 0.15) is 17.5 Å². The van der Waals surface area contributed by atoms with Gasteiger partial charge in [-0.05, 0) is 6.42 Å². The molecule has 0 amide bonds. The van der Waals surface area contributed by atoms with E-state index in [1.807, 2.05) is 32.1 Å². The van der Waals surface area contributed by atoms with Gasteiger partial charge < -0.3 is 10.2 Å². The number of aromatic nitrogens is 2. The lowest BCUT2D eigenvalue weighted by Gasteiger charge is -2.13. The molecule has 0 fully saturated rings. The van der Waals surface area contributed by atoms with E-state index in [-0.39, 0.29) is 0 Å². The van der Waals surface area contributed by atoms with Crippen molar-refractivity contribution in [3.63, 3.8) is 0 Å². The first kappa shape index (κ1) is 10.8. The molecule has 4 nitrogen and oxygen atoms in total. The van der Waals surface area contributed by atoms with E-state index in [4.69, 9.17) is 0 Å². The Morgan fingerprint density at radius 2 is 2.07 bits per heavy atom. The van der Waals surface area contributed by atoms with Crippen LogP contribution in [0, 0.1) is 0 Å². The lowest BCUT2D eigenvalue weighted by atomic mass is 10.3. The van der Waals surface area contributed by atoms with Crippen molar-refractivity contribution in [2.45, 2.75) is 19.8 Å². The Kier molecular flexibility index (Phi) is 3.68. The molecule has 0 aromatic carbocycles. The van der Waals surface area contributed by atoms with Gasteiger partial charge in [-0.15, -0.1) is 0 Å². The Labute approximate surface area is 85.4 Å². The molecule has 0 atom stereocenters. The molecule has 0 aliphatic rings. The fourth-order valence-electron chi connectivity index (χ4n) is 1.18. The molecule has 0 bridgehead atoms. The van der Waals surface area contributed by atoms with Crippen LogP contribution in [0.2, 0.25) is 0 Å². The first-order valence-corrected chi connectivity index (χ1v) is 4.90. The summed E-state index contributed by atoms with van der Waals surface area (Å²) >= 11 is 0. The largest absolute Gasteiger partial charge is 0.373 e. The summed E-state index contributed by atoms with van der Waals surface area (Å²) in [5.74, 6) is 2.74. The summed E-state index contributed by atoms with van der Waals surface area (Å²) in [5.41, 5.74) is 0. The number of anilines is 2. The summed E-state index contributed by atoms with van der Waals surface area (Å²) in [7, 11) is 5.84. The molecular weight excluding hydrogens is 176 g/mol. The monoisotopic (exact) mass is 194 g/mol. The second-order valence-corrected chi connectivity index (χ2v) is 3.42. The van der Waals surface area contributed by atoms with Crippen molar-refractivity contribution in [2.75, 3.05) is 31.4 Å². The third kappa shape index (κ3) is 2.58. The van der Waals surface area contributed by atoms with E-state index < -0.39 is 0 Å². The molecule has 0 aliphatic heterocycles. The van der Waals surface area contributed by atoms with Gasteiger partial charge in [-0.2, -0.15) is 0 Å². The number of hydrogen-bond donors (Lipinski definition) is 1. The van der Waals surface area contributed by atoms with E-state index in [9.17, 15) is 0 Å². The minimum absolute atomic E-state index is 0.882. The molecule has 1 heterocycles. The number of aryl methyl sites for hydroxylation is 1. The van der Waals surface area contributed by atoms with E-state index in [2.05, 4.69) is 22.2 Å². The molecule has 0 aliphatic carbocycles. The highest BCUT2D eigenvalue weighted by Gasteiger charge is 2.04. The molecule has 78 valence electrons. The summed E-state index contributed by atoms with van der Waals surface area (Å²) in [6.07, 6.45) is 2.00. The highest BCUT2D eigenvalue weighted by Crippen LogP contribution is 2.13. The third-order valence-electron chi connectivity index (χ3n) is 1.95. The average Bonchev–Trinajstić information content (AvgIpc) is 2.17. The predicted molar refractivity (Wildman–Crippen MR) is 59.9 cm³/mol. The zero-order chi connectivity index (χ0) is 10.6. The predicted octanol–water partition coefficient (Wildman–Crippen LogP) is 1.54. The molecule has 0 radical (unpaired) electrons. The summed E-state index contributed by atoms with van der Waals surface area (Å²) in [4.78, 5) is 10.8. The Bertz CT molecular complexity index is 296. The van der Waals surface area contributed by atoms with Crippen molar-refractivity contribution < 1.29 is 0 Å². The Morgan fingerprint density at radius 3 is 2.57 bits per heavy atom. The number of nitrogens with one attached hydrogen (secondary N) is 1. The van der Waals surface area contributed by atoms with Crippen molar-refractivity contribution >= 4 is 11.6 Å². The van der Waals surface area contributed by atoms with Gasteiger partial charge in [0.2, 0.25) is 0 Å². The summed E-state index contributed by atoms with van der Waals surface area (Å²) in [6, 6.07) is 1.94. The number of hydrogen-bond acceptors (Lipinski definition) is 4. The van der Waals surface area contributed by atoms with Crippen LogP contribution in [0.25, 0.3) is 0 Å². The molecule has 1 N–H and O–H groups in total. The Hall–Kier alpha value is -1.32. The van der Waals surface area contributed by atoms with Crippen LogP contribution in [0.3, 0.4) is 0 Å². The minimum Gasteiger partial charge on any atom is -0.373 e. The van der Waals surface area contributed by atoms with Gasteiger partial charge in [0.05, 0.1) is 0 Å². The maximum Gasteiger partial charge on any atom is 0.133 e. The van der Waals surface area contributed by atoms with Gasteiger partial charge in [-0.1, -0.05) is 6.92 Å². The van der Waals surface area contributed by atoms with E-state index in [0.29, 0.717) is 0 Å². The molecular formula is C10H18N4. The van der Waals surface area contributed by atoms with Crippen LogP contribution in [0.1, 0.15) is 19.2 Å². The lowest BCUT2D eigenvalue weighted by molar-refractivity contribution is 0.829. The van der Waals surface area contributed by atoms with Crippen LogP contribution in [0.4, 0.5) is 11.6 Å². The smallest absolute Gasteiger partial charge is 0.133 e. The first-order chi connectivity index (χ1) is 6.67. The zero-order valence-corrected chi connectivity index (χ0v) is 9.33. The van der Waals surface area contributed by atoms with Crippen LogP contribution < -0.4 is 10.2 Å². The van der Waals surface area contributed by atoms with Crippen LogP contribution in [0.5, 0.6) is 0 Å². The van der Waals surface area contributed by atoms with Gasteiger partial charge in [-0.25, -0.2) is 9.97 Å². The third-order valence-corrected chi connectivity index (χ3v) is 1.95. The molecule has 1 rings (SSSR count). The Balaban J connectivity index is 3.00. The van der Waals surface area contributed by atoms with Gasteiger partial charge in [0.15, 0.2) is 0 Å². The molecule has 0 saturated carbocycles. The van der Waals surface area contributed by atoms with E-state index >= 15 is 0 Å². The molecule has 14 heavy (non-hydrogen) atoms. The maximum absolute atomic E-state index is 4.45. The minimum atomic E-state index is 0.882. The molecule has 1 aromatic rings. The standard InChI is InChI=1S/C10H18N4/c1-5-6-8-12-9(11-2)7-10(13-8)14(3)4/h7H,5-6H2,1-4H3,(H,11,12,13). The highest BCUT2D eigenvalue weighted by molar-refractivity contribution is 5.48. The second-order valence-electron chi connectivity index (χ2n) is 3.42. The van der Waals surface area contributed by atoms with E-state index in [0.717, 1.165) is 30.3 Å². The number of rotatable bonds is 4. The summed E-state index contributed by atoms with van der Waals surface area (Å²) in [6.45, 7) is 2.13. The van der Waals surface area contributed by atoms with Gasteiger partial charge >= 0.3 is 0 Å². The average molecular weight is 194 g/mol. The molecule has 0 unspecified atom stereocenters. The highest BCUT2D eigenvalue weighted by atomic mass is 15.2. The van der Waals surface area contributed by atoms with Gasteiger partial charge in [-0.3, -0.25) is 0 Å². The fraction of sp³-hybridized carbons (Fsp3) is 0.600. The molecule has 1 aromatic heterocycles. The van der Waals surface area contributed by atoms with Crippen LogP contribution in [-0.2, 0) is 6.42 Å². The summed E-state index contributed by atoms with van der Waals surface area (Å²) in [5, 5.41) is 3.04. The van der Waals surface area contributed by atoms with Crippen LogP contribution in [0.15, 0.2) is 6.07 Å². The van der Waals surface area contributed by atoms with E-state index in [1.165, 1.54) is 0 Å². The van der Waals surface area contributed by atoms with Crippen molar-refractivity contribution in [1.82, 2.24) is 9.97 Å². The topological polar surface area (TPSA) is 41.1 Å². The van der Waals surface area contributed by atoms with Crippen LogP contribution in [-0.4, -0.2) is 31.1 Å². The normalized spacial score (nSPS) is 10.0. The van der Waals surface area contributed by atoms with Crippen molar-refractivity contribution in [3.05, 3.63) is 11.9 Å². The first-order valence-electron chi connectivity index (χ1n) is 4.90. The van der Waals surface area contributed by atoms with Crippen molar-refractivity contribution in [2.24, 2.45) is 0 Å². The summed E-state index contributed by atoms with van der Waals surface area (Å²) < 4.78 is 0. The van der Waals surface area contributed by atoms with Crippen LogP contribution >= 0.6 is 0 Å². The van der Waals surface area contributed by atoms with Crippen molar-refractivity contribution in [1.29, 1.82) is 0 Å².